The number of aryl methyl sites for hydroxylation is 1. The minimum atomic E-state index is -2.99. The topological polar surface area (TPSA) is 102 Å². The van der Waals surface area contributed by atoms with Crippen LogP contribution in [0.25, 0.3) is 17.1 Å². The molecule has 0 aliphatic heterocycles. The van der Waals surface area contributed by atoms with Crippen LogP contribution in [0.3, 0.4) is 0 Å². The molecule has 176 valence electrons. The molecule has 0 saturated heterocycles. The third-order valence-corrected chi connectivity index (χ3v) is 4.93. The fourth-order valence-corrected chi connectivity index (χ4v) is 3.39. The van der Waals surface area contributed by atoms with Crippen molar-refractivity contribution in [2.45, 2.75) is 27.1 Å². The number of esters is 1. The molecule has 0 aliphatic rings. The molecule has 2 aromatic heterocycles. The summed E-state index contributed by atoms with van der Waals surface area (Å²) < 4.78 is 46.7. The van der Waals surface area contributed by atoms with Gasteiger partial charge in [-0.3, -0.25) is 0 Å². The molecule has 0 radical (unpaired) electrons. The van der Waals surface area contributed by atoms with Gasteiger partial charge in [-0.1, -0.05) is 23.4 Å². The Morgan fingerprint density at radius 2 is 1.88 bits per heavy atom. The van der Waals surface area contributed by atoms with Crippen molar-refractivity contribution < 1.29 is 32.3 Å². The SMILES string of the molecule is COc1cc(-c2noc(COC(=O)c3c(C)nn(-c4ccccc4)c3C)n2)ccc1OC(F)F. The van der Waals surface area contributed by atoms with Crippen molar-refractivity contribution in [2.75, 3.05) is 7.11 Å². The highest BCUT2D eigenvalue weighted by Gasteiger charge is 2.22. The van der Waals surface area contributed by atoms with Crippen molar-refractivity contribution in [3.63, 3.8) is 0 Å². The molecule has 0 bridgehead atoms. The molecule has 0 amide bonds. The lowest BCUT2D eigenvalue weighted by Crippen LogP contribution is -2.08. The summed E-state index contributed by atoms with van der Waals surface area (Å²) in [5, 5.41) is 8.28. The molecule has 4 rings (SSSR count). The first-order valence-corrected chi connectivity index (χ1v) is 10.1. The van der Waals surface area contributed by atoms with E-state index >= 15 is 0 Å². The van der Waals surface area contributed by atoms with Gasteiger partial charge in [-0.15, -0.1) is 0 Å². The molecule has 34 heavy (non-hydrogen) atoms. The largest absolute Gasteiger partial charge is 0.493 e. The van der Waals surface area contributed by atoms with Gasteiger partial charge in [-0.25, -0.2) is 9.48 Å². The van der Waals surface area contributed by atoms with Crippen LogP contribution < -0.4 is 9.47 Å². The highest BCUT2D eigenvalue weighted by molar-refractivity contribution is 5.92. The van der Waals surface area contributed by atoms with Crippen LogP contribution in [-0.2, 0) is 11.3 Å². The van der Waals surface area contributed by atoms with Gasteiger partial charge in [0.1, 0.15) is 5.56 Å². The van der Waals surface area contributed by atoms with Crippen molar-refractivity contribution in [1.82, 2.24) is 19.9 Å². The number of halogens is 2. The van der Waals surface area contributed by atoms with Crippen molar-refractivity contribution in [1.29, 1.82) is 0 Å². The molecular formula is C23H20F2N4O5. The third-order valence-electron chi connectivity index (χ3n) is 4.93. The standard InChI is InChI=1S/C23H20F2N4O5/c1-13-20(14(2)29(27-13)16-7-5-4-6-8-16)22(30)32-12-19-26-21(28-34-19)15-9-10-17(33-23(24)25)18(11-15)31-3/h4-11,23H,12H2,1-3H3. The smallest absolute Gasteiger partial charge is 0.387 e. The second-order valence-corrected chi connectivity index (χ2v) is 7.13. The highest BCUT2D eigenvalue weighted by atomic mass is 19.3. The van der Waals surface area contributed by atoms with Crippen molar-refractivity contribution in [2.24, 2.45) is 0 Å². The Kier molecular flexibility index (Phi) is 6.53. The normalized spacial score (nSPS) is 11.0. The fourth-order valence-electron chi connectivity index (χ4n) is 3.39. The van der Waals surface area contributed by atoms with E-state index in [1.165, 1.54) is 25.3 Å². The van der Waals surface area contributed by atoms with E-state index in [2.05, 4.69) is 20.0 Å². The van der Waals surface area contributed by atoms with Gasteiger partial charge in [0.25, 0.3) is 5.89 Å². The summed E-state index contributed by atoms with van der Waals surface area (Å²) in [7, 11) is 1.32. The average Bonchev–Trinajstić information content (AvgIpc) is 3.42. The first kappa shape index (κ1) is 22.9. The van der Waals surface area contributed by atoms with Gasteiger partial charge in [-0.2, -0.15) is 18.9 Å². The summed E-state index contributed by atoms with van der Waals surface area (Å²) in [4.78, 5) is 16.9. The predicted octanol–water partition coefficient (Wildman–Crippen LogP) is 4.51. The number of benzene rings is 2. The molecule has 11 heteroatoms. The maximum atomic E-state index is 12.7. The molecule has 0 saturated carbocycles. The zero-order valence-corrected chi connectivity index (χ0v) is 18.5. The lowest BCUT2D eigenvalue weighted by molar-refractivity contribution is -0.0512. The Morgan fingerprint density at radius 1 is 1.12 bits per heavy atom. The maximum absolute atomic E-state index is 12.7. The molecular weight excluding hydrogens is 450 g/mol. The van der Waals surface area contributed by atoms with Crippen molar-refractivity contribution in [3.05, 3.63) is 71.4 Å². The first-order chi connectivity index (χ1) is 16.4. The van der Waals surface area contributed by atoms with Gasteiger partial charge < -0.3 is 18.7 Å². The molecule has 2 aromatic carbocycles. The monoisotopic (exact) mass is 470 g/mol. The second-order valence-electron chi connectivity index (χ2n) is 7.13. The molecule has 4 aromatic rings. The Morgan fingerprint density at radius 3 is 2.59 bits per heavy atom. The summed E-state index contributed by atoms with van der Waals surface area (Å²) in [6.07, 6.45) is 0. The van der Waals surface area contributed by atoms with Crippen LogP contribution in [0.4, 0.5) is 8.78 Å². The molecule has 0 atom stereocenters. The molecule has 0 aliphatic carbocycles. The number of alkyl halides is 2. The molecule has 0 spiro atoms. The van der Waals surface area contributed by atoms with E-state index in [0.29, 0.717) is 22.5 Å². The van der Waals surface area contributed by atoms with E-state index in [-0.39, 0.29) is 29.8 Å². The number of aromatic nitrogens is 4. The minimum Gasteiger partial charge on any atom is -0.493 e. The highest BCUT2D eigenvalue weighted by Crippen LogP contribution is 2.32. The van der Waals surface area contributed by atoms with Crippen LogP contribution >= 0.6 is 0 Å². The van der Waals surface area contributed by atoms with Gasteiger partial charge in [0.05, 0.1) is 24.2 Å². The second kappa shape index (κ2) is 9.69. The van der Waals surface area contributed by atoms with Gasteiger partial charge in [0, 0.05) is 5.56 Å². The Hall–Kier alpha value is -4.28. The lowest BCUT2D eigenvalue weighted by atomic mass is 10.2. The van der Waals surface area contributed by atoms with Gasteiger partial charge in [0.15, 0.2) is 18.1 Å². The number of hydrogen-bond acceptors (Lipinski definition) is 8. The van der Waals surface area contributed by atoms with E-state index in [1.54, 1.807) is 18.5 Å². The van der Waals surface area contributed by atoms with E-state index in [4.69, 9.17) is 14.0 Å². The van der Waals surface area contributed by atoms with Gasteiger partial charge in [0.2, 0.25) is 5.82 Å². The Balaban J connectivity index is 1.47. The number of para-hydroxylation sites is 1. The van der Waals surface area contributed by atoms with Crippen LogP contribution in [0.1, 0.15) is 27.6 Å². The molecule has 2 heterocycles. The quantitative estimate of drug-likeness (QED) is 0.347. The van der Waals surface area contributed by atoms with Crippen LogP contribution in [-0.4, -0.2) is 39.6 Å². The van der Waals surface area contributed by atoms with Crippen molar-refractivity contribution >= 4 is 5.97 Å². The Bertz CT molecular complexity index is 1300. The fraction of sp³-hybridized carbons (Fsp3) is 0.217. The van der Waals surface area contributed by atoms with E-state index in [9.17, 15) is 13.6 Å². The predicted molar refractivity (Wildman–Crippen MR) is 115 cm³/mol. The molecule has 0 N–H and O–H groups in total. The summed E-state index contributed by atoms with van der Waals surface area (Å²) in [6.45, 7) is 0.259. The number of methoxy groups -OCH3 is 1. The van der Waals surface area contributed by atoms with Gasteiger partial charge in [-0.05, 0) is 44.2 Å². The zero-order chi connectivity index (χ0) is 24.2. The number of nitrogens with zero attached hydrogens (tertiary/aromatic N) is 4. The summed E-state index contributed by atoms with van der Waals surface area (Å²) in [6, 6.07) is 13.6. The first-order valence-electron chi connectivity index (χ1n) is 10.1. The third kappa shape index (κ3) is 4.72. The summed E-state index contributed by atoms with van der Waals surface area (Å²) >= 11 is 0. The maximum Gasteiger partial charge on any atom is 0.387 e. The number of carbonyl (C=O) groups excluding carboxylic acids is 1. The van der Waals surface area contributed by atoms with E-state index in [0.717, 1.165) is 5.69 Å². The summed E-state index contributed by atoms with van der Waals surface area (Å²) in [5.74, 6) is -0.400. The van der Waals surface area contributed by atoms with Crippen LogP contribution in [0, 0.1) is 13.8 Å². The lowest BCUT2D eigenvalue weighted by Gasteiger charge is -2.10. The van der Waals surface area contributed by atoms with Gasteiger partial charge >= 0.3 is 12.6 Å². The Labute approximate surface area is 192 Å². The molecule has 0 fully saturated rings. The average molecular weight is 470 g/mol. The molecule has 9 nitrogen and oxygen atoms in total. The number of ether oxygens (including phenoxy) is 3. The number of hydrogen-bond donors (Lipinski definition) is 0. The van der Waals surface area contributed by atoms with Crippen LogP contribution in [0.2, 0.25) is 0 Å². The number of carbonyl (C=O) groups is 1. The zero-order valence-electron chi connectivity index (χ0n) is 18.5. The van der Waals surface area contributed by atoms with E-state index in [1.807, 2.05) is 30.3 Å². The summed E-state index contributed by atoms with van der Waals surface area (Å²) in [5.41, 5.74) is 2.77. The van der Waals surface area contributed by atoms with Crippen LogP contribution in [0.5, 0.6) is 11.5 Å². The van der Waals surface area contributed by atoms with Crippen molar-refractivity contribution in [3.8, 4) is 28.6 Å². The number of rotatable bonds is 8. The minimum absolute atomic E-state index is 0.0565. The molecule has 0 unspecified atom stereocenters. The van der Waals surface area contributed by atoms with Crippen LogP contribution in [0.15, 0.2) is 53.1 Å². The van der Waals surface area contributed by atoms with E-state index < -0.39 is 12.6 Å².